The van der Waals surface area contributed by atoms with Gasteiger partial charge in [0.1, 0.15) is 0 Å². The first-order chi connectivity index (χ1) is 9.01. The number of hydrogen-bond acceptors (Lipinski definition) is 3. The van der Waals surface area contributed by atoms with Gasteiger partial charge in [0.15, 0.2) is 0 Å². The quantitative estimate of drug-likeness (QED) is 0.670. The van der Waals surface area contributed by atoms with Gasteiger partial charge in [0, 0.05) is 12.6 Å². The van der Waals surface area contributed by atoms with Gasteiger partial charge in [-0.25, -0.2) is 0 Å². The first-order valence-electron chi connectivity index (χ1n) is 6.65. The summed E-state index contributed by atoms with van der Waals surface area (Å²) in [5, 5.41) is 21.3. The summed E-state index contributed by atoms with van der Waals surface area (Å²) in [5.41, 5.74) is 1.90. The molecule has 4 nitrogen and oxygen atoms in total. The van der Waals surface area contributed by atoms with Gasteiger partial charge in [-0.1, -0.05) is 38.1 Å². The standard InChI is InChI=1S/C15H23NO3/c1-11(2)7-14(10-17)16-9-13-5-3-12(4-6-13)8-15(18)19/h3-6,11,14,16-17H,7-10H2,1-2H3,(H,18,19). The van der Waals surface area contributed by atoms with Gasteiger partial charge in [-0.2, -0.15) is 0 Å². The normalized spacial score (nSPS) is 12.6. The van der Waals surface area contributed by atoms with Crippen molar-refractivity contribution in [3.63, 3.8) is 0 Å². The number of aliphatic hydroxyl groups excluding tert-OH is 1. The summed E-state index contributed by atoms with van der Waals surface area (Å²) in [5.74, 6) is -0.272. The third-order valence-electron chi connectivity index (χ3n) is 2.95. The predicted octanol–water partition coefficient (Wildman–Crippen LogP) is 1.81. The largest absolute Gasteiger partial charge is 0.481 e. The van der Waals surface area contributed by atoms with E-state index in [-0.39, 0.29) is 19.1 Å². The van der Waals surface area contributed by atoms with E-state index in [1.807, 2.05) is 24.3 Å². The van der Waals surface area contributed by atoms with E-state index in [4.69, 9.17) is 5.11 Å². The van der Waals surface area contributed by atoms with Gasteiger partial charge in [0.2, 0.25) is 0 Å². The Kier molecular flexibility index (Phi) is 6.53. The molecule has 0 aliphatic carbocycles. The van der Waals surface area contributed by atoms with E-state index in [0.717, 1.165) is 17.5 Å². The molecule has 0 saturated heterocycles. The highest BCUT2D eigenvalue weighted by atomic mass is 16.4. The number of rotatable bonds is 8. The minimum Gasteiger partial charge on any atom is -0.481 e. The molecular formula is C15H23NO3. The molecule has 0 aliphatic rings. The van der Waals surface area contributed by atoms with Crippen LogP contribution in [-0.2, 0) is 17.8 Å². The summed E-state index contributed by atoms with van der Waals surface area (Å²) in [6.07, 6.45) is 0.994. The van der Waals surface area contributed by atoms with Crippen molar-refractivity contribution < 1.29 is 15.0 Å². The Bertz CT molecular complexity index is 387. The maximum absolute atomic E-state index is 10.6. The van der Waals surface area contributed by atoms with Crippen LogP contribution in [0.5, 0.6) is 0 Å². The van der Waals surface area contributed by atoms with Gasteiger partial charge in [-0.15, -0.1) is 0 Å². The maximum Gasteiger partial charge on any atom is 0.307 e. The van der Waals surface area contributed by atoms with Crippen molar-refractivity contribution in [1.29, 1.82) is 0 Å². The van der Waals surface area contributed by atoms with Crippen molar-refractivity contribution in [3.8, 4) is 0 Å². The van der Waals surface area contributed by atoms with Crippen LogP contribution in [0.1, 0.15) is 31.4 Å². The van der Waals surface area contributed by atoms with Gasteiger partial charge < -0.3 is 15.5 Å². The molecule has 1 rings (SSSR count). The van der Waals surface area contributed by atoms with Crippen LogP contribution in [0.4, 0.5) is 0 Å². The number of aliphatic hydroxyl groups is 1. The van der Waals surface area contributed by atoms with Crippen molar-refractivity contribution in [3.05, 3.63) is 35.4 Å². The molecular weight excluding hydrogens is 242 g/mol. The third-order valence-corrected chi connectivity index (χ3v) is 2.95. The van der Waals surface area contributed by atoms with Gasteiger partial charge in [0.25, 0.3) is 0 Å². The number of carbonyl (C=O) groups is 1. The fraction of sp³-hybridized carbons (Fsp3) is 0.533. The third kappa shape index (κ3) is 6.36. The Balaban J connectivity index is 2.46. The topological polar surface area (TPSA) is 69.6 Å². The Labute approximate surface area is 114 Å². The van der Waals surface area contributed by atoms with Crippen molar-refractivity contribution in [2.45, 2.75) is 39.3 Å². The number of hydrogen-bond donors (Lipinski definition) is 3. The Morgan fingerprint density at radius 1 is 1.21 bits per heavy atom. The minimum atomic E-state index is -0.817. The molecule has 0 radical (unpaired) electrons. The Morgan fingerprint density at radius 3 is 2.26 bits per heavy atom. The predicted molar refractivity (Wildman–Crippen MR) is 75.0 cm³/mol. The molecule has 4 heteroatoms. The van der Waals surface area contributed by atoms with Gasteiger partial charge in [-0.3, -0.25) is 4.79 Å². The summed E-state index contributed by atoms with van der Waals surface area (Å²) in [6, 6.07) is 7.63. The molecule has 0 aliphatic heterocycles. The van der Waals surface area contributed by atoms with Crippen LogP contribution in [-0.4, -0.2) is 28.8 Å². The molecule has 0 saturated carbocycles. The second-order valence-electron chi connectivity index (χ2n) is 5.28. The molecule has 19 heavy (non-hydrogen) atoms. The zero-order valence-corrected chi connectivity index (χ0v) is 11.6. The lowest BCUT2D eigenvalue weighted by atomic mass is 10.0. The molecule has 0 fully saturated rings. The molecule has 0 heterocycles. The first kappa shape index (κ1) is 15.7. The molecule has 1 atom stereocenters. The van der Waals surface area contributed by atoms with Crippen LogP contribution in [0, 0.1) is 5.92 Å². The summed E-state index contributed by atoms with van der Waals surface area (Å²) < 4.78 is 0. The fourth-order valence-corrected chi connectivity index (χ4v) is 2.00. The second-order valence-corrected chi connectivity index (χ2v) is 5.28. The summed E-state index contributed by atoms with van der Waals surface area (Å²) in [6.45, 7) is 5.08. The minimum absolute atomic E-state index is 0.0559. The van der Waals surface area contributed by atoms with Crippen LogP contribution in [0.2, 0.25) is 0 Å². The van der Waals surface area contributed by atoms with E-state index in [1.165, 1.54) is 0 Å². The smallest absolute Gasteiger partial charge is 0.307 e. The number of carboxylic acids is 1. The van der Waals surface area contributed by atoms with E-state index >= 15 is 0 Å². The van der Waals surface area contributed by atoms with Crippen LogP contribution in [0.15, 0.2) is 24.3 Å². The lowest BCUT2D eigenvalue weighted by Gasteiger charge is -2.18. The fourth-order valence-electron chi connectivity index (χ4n) is 2.00. The monoisotopic (exact) mass is 265 g/mol. The molecule has 1 aromatic rings. The van der Waals surface area contributed by atoms with Crippen molar-refractivity contribution >= 4 is 5.97 Å². The summed E-state index contributed by atoms with van der Waals surface area (Å²) in [7, 11) is 0. The van der Waals surface area contributed by atoms with Crippen LogP contribution in [0.3, 0.4) is 0 Å². The van der Waals surface area contributed by atoms with Crippen molar-refractivity contribution in [2.75, 3.05) is 6.61 Å². The molecule has 0 amide bonds. The van der Waals surface area contributed by atoms with E-state index < -0.39 is 5.97 Å². The van der Waals surface area contributed by atoms with Gasteiger partial charge in [-0.05, 0) is 23.5 Å². The molecule has 0 spiro atoms. The van der Waals surface area contributed by atoms with Crippen LogP contribution in [0.25, 0.3) is 0 Å². The van der Waals surface area contributed by atoms with Crippen LogP contribution >= 0.6 is 0 Å². The number of benzene rings is 1. The Morgan fingerprint density at radius 2 is 1.79 bits per heavy atom. The highest BCUT2D eigenvalue weighted by molar-refractivity contribution is 5.70. The van der Waals surface area contributed by atoms with E-state index in [9.17, 15) is 9.90 Å². The average Bonchev–Trinajstić information content (AvgIpc) is 2.35. The first-order valence-corrected chi connectivity index (χ1v) is 6.65. The number of aliphatic carboxylic acids is 1. The highest BCUT2D eigenvalue weighted by Crippen LogP contribution is 2.08. The highest BCUT2D eigenvalue weighted by Gasteiger charge is 2.09. The lowest BCUT2D eigenvalue weighted by molar-refractivity contribution is -0.136. The molecule has 0 aromatic heterocycles. The maximum atomic E-state index is 10.6. The van der Waals surface area contributed by atoms with E-state index in [1.54, 1.807) is 0 Å². The van der Waals surface area contributed by atoms with E-state index in [0.29, 0.717) is 12.5 Å². The molecule has 1 aromatic carbocycles. The second kappa shape index (κ2) is 7.92. The summed E-state index contributed by atoms with van der Waals surface area (Å²) >= 11 is 0. The van der Waals surface area contributed by atoms with E-state index in [2.05, 4.69) is 19.2 Å². The van der Waals surface area contributed by atoms with Crippen LogP contribution < -0.4 is 5.32 Å². The molecule has 3 N–H and O–H groups in total. The molecule has 1 unspecified atom stereocenters. The molecule has 106 valence electrons. The summed E-state index contributed by atoms with van der Waals surface area (Å²) in [4.78, 5) is 10.6. The number of nitrogens with one attached hydrogen (secondary N) is 1. The average molecular weight is 265 g/mol. The van der Waals surface area contributed by atoms with Crippen molar-refractivity contribution in [2.24, 2.45) is 5.92 Å². The van der Waals surface area contributed by atoms with Gasteiger partial charge in [0.05, 0.1) is 13.0 Å². The molecule has 0 bridgehead atoms. The number of carboxylic acid groups (broad SMARTS) is 1. The Hall–Kier alpha value is -1.39. The zero-order valence-electron chi connectivity index (χ0n) is 11.6. The lowest BCUT2D eigenvalue weighted by Crippen LogP contribution is -2.33. The SMILES string of the molecule is CC(C)CC(CO)NCc1ccc(CC(=O)O)cc1. The van der Waals surface area contributed by atoms with Crippen molar-refractivity contribution in [1.82, 2.24) is 5.32 Å². The van der Waals surface area contributed by atoms with Gasteiger partial charge >= 0.3 is 5.97 Å². The zero-order chi connectivity index (χ0) is 14.3.